The molecule has 1 aromatic rings. The minimum atomic E-state index is 0.220. The molecule has 2 rings (SSSR count). The van der Waals surface area contributed by atoms with E-state index in [1.165, 1.54) is 12.8 Å². The number of rotatable bonds is 4. The first-order valence-corrected chi connectivity index (χ1v) is 6.49. The zero-order valence-corrected chi connectivity index (χ0v) is 11.1. The van der Waals surface area contributed by atoms with Crippen LogP contribution < -0.4 is 10.1 Å². The van der Waals surface area contributed by atoms with Crippen LogP contribution in [-0.2, 0) is 6.54 Å². The Labute approximate surface area is 109 Å². The maximum Gasteiger partial charge on any atom is 0.164 e. The van der Waals surface area contributed by atoms with Crippen LogP contribution in [0.1, 0.15) is 18.4 Å². The molecule has 100 valence electrons. The van der Waals surface area contributed by atoms with Crippen LogP contribution in [0.15, 0.2) is 18.2 Å². The van der Waals surface area contributed by atoms with Gasteiger partial charge in [0.25, 0.3) is 0 Å². The number of para-hydroxylation sites is 1. The molecule has 0 amide bonds. The third-order valence-electron chi connectivity index (χ3n) is 3.59. The summed E-state index contributed by atoms with van der Waals surface area (Å²) >= 11 is 0. The first-order valence-electron chi connectivity index (χ1n) is 6.49. The molecule has 1 aromatic carbocycles. The van der Waals surface area contributed by atoms with Crippen LogP contribution in [0.4, 0.5) is 0 Å². The van der Waals surface area contributed by atoms with Gasteiger partial charge in [-0.15, -0.1) is 0 Å². The smallest absolute Gasteiger partial charge is 0.164 e. The van der Waals surface area contributed by atoms with E-state index < -0.39 is 0 Å². The molecule has 1 aliphatic heterocycles. The molecule has 0 aliphatic carbocycles. The maximum atomic E-state index is 9.76. The Morgan fingerprint density at radius 3 is 3.06 bits per heavy atom. The monoisotopic (exact) mass is 250 g/mol. The molecule has 1 aliphatic rings. The minimum absolute atomic E-state index is 0.220. The summed E-state index contributed by atoms with van der Waals surface area (Å²) in [4.78, 5) is 2.40. The van der Waals surface area contributed by atoms with Crippen molar-refractivity contribution < 1.29 is 9.84 Å². The molecule has 0 aromatic heterocycles. The molecular formula is C14H22N2O2. The number of nitrogens with zero attached hydrogens (tertiary/aromatic N) is 1. The topological polar surface area (TPSA) is 44.7 Å². The highest BCUT2D eigenvalue weighted by atomic mass is 16.5. The van der Waals surface area contributed by atoms with Crippen LogP contribution in [0.2, 0.25) is 0 Å². The Balaban J connectivity index is 2.07. The molecule has 0 saturated carbocycles. The number of nitrogens with one attached hydrogen (secondary N) is 1. The molecule has 2 N–H and O–H groups in total. The van der Waals surface area contributed by atoms with E-state index in [1.54, 1.807) is 13.2 Å². The molecule has 1 fully saturated rings. The van der Waals surface area contributed by atoms with Gasteiger partial charge in [0.15, 0.2) is 11.5 Å². The van der Waals surface area contributed by atoms with Crippen molar-refractivity contribution in [3.8, 4) is 11.5 Å². The van der Waals surface area contributed by atoms with Gasteiger partial charge in [-0.1, -0.05) is 12.1 Å². The number of phenols is 1. The van der Waals surface area contributed by atoms with Crippen LogP contribution in [0.25, 0.3) is 0 Å². The second kappa shape index (κ2) is 6.07. The van der Waals surface area contributed by atoms with Crippen molar-refractivity contribution in [3.63, 3.8) is 0 Å². The van der Waals surface area contributed by atoms with E-state index in [-0.39, 0.29) is 5.75 Å². The number of piperidine rings is 1. The molecule has 1 unspecified atom stereocenters. The van der Waals surface area contributed by atoms with Gasteiger partial charge in [0, 0.05) is 24.7 Å². The summed E-state index contributed by atoms with van der Waals surface area (Å²) in [5.41, 5.74) is 1.05. The maximum absolute atomic E-state index is 9.76. The van der Waals surface area contributed by atoms with E-state index in [2.05, 4.69) is 10.2 Å². The number of likely N-dealkylation sites (N-methyl/N-ethyl adjacent to an activating group) is 1. The number of aromatic hydroxyl groups is 1. The van der Waals surface area contributed by atoms with Gasteiger partial charge >= 0.3 is 0 Å². The van der Waals surface area contributed by atoms with Crippen molar-refractivity contribution in [3.05, 3.63) is 23.8 Å². The van der Waals surface area contributed by atoms with E-state index in [0.717, 1.165) is 25.2 Å². The molecule has 4 nitrogen and oxygen atoms in total. The lowest BCUT2D eigenvalue weighted by Crippen LogP contribution is -2.43. The number of ether oxygens (including phenoxy) is 1. The molecule has 18 heavy (non-hydrogen) atoms. The Kier molecular flexibility index (Phi) is 4.44. The van der Waals surface area contributed by atoms with E-state index in [4.69, 9.17) is 4.74 Å². The summed E-state index contributed by atoms with van der Waals surface area (Å²) in [7, 11) is 3.62. The standard InChI is InChI=1S/C14H22N2O2/c1-15-12-6-4-8-16(10-12)9-11-5-3-7-13(17)14(11)18-2/h3,5,7,12,15,17H,4,6,8-10H2,1-2H3. The number of benzene rings is 1. The second-order valence-corrected chi connectivity index (χ2v) is 4.83. The summed E-state index contributed by atoms with van der Waals surface area (Å²) in [6.45, 7) is 2.99. The lowest BCUT2D eigenvalue weighted by molar-refractivity contribution is 0.185. The molecule has 0 radical (unpaired) electrons. The Hall–Kier alpha value is -1.26. The predicted octanol–water partition coefficient (Wildman–Crippen LogP) is 1.58. The summed E-state index contributed by atoms with van der Waals surface area (Å²) in [5.74, 6) is 0.821. The fourth-order valence-corrected chi connectivity index (χ4v) is 2.61. The number of hydrogen-bond acceptors (Lipinski definition) is 4. The molecule has 1 atom stereocenters. The molecule has 4 heteroatoms. The lowest BCUT2D eigenvalue weighted by atomic mass is 10.0. The van der Waals surface area contributed by atoms with Crippen molar-refractivity contribution in [1.29, 1.82) is 0 Å². The van der Waals surface area contributed by atoms with Crippen molar-refractivity contribution in [2.24, 2.45) is 0 Å². The molecule has 1 saturated heterocycles. The fraction of sp³-hybridized carbons (Fsp3) is 0.571. The number of hydrogen-bond donors (Lipinski definition) is 2. The van der Waals surface area contributed by atoms with Gasteiger partial charge in [-0.05, 0) is 32.5 Å². The third kappa shape index (κ3) is 2.94. The average Bonchev–Trinajstić information content (AvgIpc) is 2.39. The van der Waals surface area contributed by atoms with Gasteiger partial charge in [-0.2, -0.15) is 0 Å². The fourth-order valence-electron chi connectivity index (χ4n) is 2.61. The number of likely N-dealkylation sites (tertiary alicyclic amines) is 1. The van der Waals surface area contributed by atoms with Gasteiger partial charge in [-0.3, -0.25) is 4.90 Å². The van der Waals surface area contributed by atoms with Gasteiger partial charge in [0.2, 0.25) is 0 Å². The van der Waals surface area contributed by atoms with Crippen LogP contribution in [0.5, 0.6) is 11.5 Å². The van der Waals surface area contributed by atoms with Crippen LogP contribution in [0, 0.1) is 0 Å². The number of methoxy groups -OCH3 is 1. The van der Waals surface area contributed by atoms with Crippen LogP contribution in [-0.4, -0.2) is 43.3 Å². The Bertz CT molecular complexity index is 395. The molecule has 0 spiro atoms. The van der Waals surface area contributed by atoms with Gasteiger partial charge in [0.1, 0.15) is 0 Å². The molecule has 0 bridgehead atoms. The quantitative estimate of drug-likeness (QED) is 0.851. The second-order valence-electron chi connectivity index (χ2n) is 4.83. The average molecular weight is 250 g/mol. The first-order chi connectivity index (χ1) is 8.74. The van der Waals surface area contributed by atoms with E-state index in [1.807, 2.05) is 19.2 Å². The van der Waals surface area contributed by atoms with Crippen molar-refractivity contribution in [2.45, 2.75) is 25.4 Å². The molecule has 1 heterocycles. The first kappa shape index (κ1) is 13.2. The normalized spacial score (nSPS) is 20.9. The highest BCUT2D eigenvalue weighted by Crippen LogP contribution is 2.30. The summed E-state index contributed by atoms with van der Waals surface area (Å²) in [5, 5.41) is 13.1. The SMILES string of the molecule is CNC1CCCN(Cc2cccc(O)c2OC)C1. The van der Waals surface area contributed by atoms with Crippen molar-refractivity contribution in [2.75, 3.05) is 27.2 Å². The number of phenolic OH excluding ortho intramolecular Hbond substituents is 1. The third-order valence-corrected chi connectivity index (χ3v) is 3.59. The highest BCUT2D eigenvalue weighted by Gasteiger charge is 2.20. The zero-order valence-electron chi connectivity index (χ0n) is 11.1. The Morgan fingerprint density at radius 1 is 1.50 bits per heavy atom. The van der Waals surface area contributed by atoms with Crippen LogP contribution in [0.3, 0.4) is 0 Å². The zero-order chi connectivity index (χ0) is 13.0. The van der Waals surface area contributed by atoms with Gasteiger partial charge in [0.05, 0.1) is 7.11 Å². The van der Waals surface area contributed by atoms with Crippen molar-refractivity contribution in [1.82, 2.24) is 10.2 Å². The van der Waals surface area contributed by atoms with Crippen LogP contribution >= 0.6 is 0 Å². The van der Waals surface area contributed by atoms with E-state index in [0.29, 0.717) is 11.8 Å². The summed E-state index contributed by atoms with van der Waals surface area (Å²) in [6.07, 6.45) is 2.46. The largest absolute Gasteiger partial charge is 0.504 e. The van der Waals surface area contributed by atoms with Gasteiger partial charge < -0.3 is 15.2 Å². The predicted molar refractivity (Wildman–Crippen MR) is 72.0 cm³/mol. The minimum Gasteiger partial charge on any atom is -0.504 e. The Morgan fingerprint density at radius 2 is 2.33 bits per heavy atom. The van der Waals surface area contributed by atoms with E-state index >= 15 is 0 Å². The van der Waals surface area contributed by atoms with Crippen molar-refractivity contribution >= 4 is 0 Å². The summed E-state index contributed by atoms with van der Waals surface area (Å²) in [6, 6.07) is 6.12. The highest BCUT2D eigenvalue weighted by molar-refractivity contribution is 5.45. The van der Waals surface area contributed by atoms with E-state index in [9.17, 15) is 5.11 Å². The molecular weight excluding hydrogens is 228 g/mol. The summed E-state index contributed by atoms with van der Waals surface area (Å²) < 4.78 is 5.28. The lowest BCUT2D eigenvalue weighted by Gasteiger charge is -2.32. The van der Waals surface area contributed by atoms with Gasteiger partial charge in [-0.25, -0.2) is 0 Å².